The highest BCUT2D eigenvalue weighted by molar-refractivity contribution is 7.92. The van der Waals surface area contributed by atoms with E-state index in [0.717, 1.165) is 35.9 Å². The maximum absolute atomic E-state index is 13.2. The van der Waals surface area contributed by atoms with Crippen molar-refractivity contribution in [3.05, 3.63) is 65.2 Å². The number of rotatable bonds is 7. The summed E-state index contributed by atoms with van der Waals surface area (Å²) in [5.41, 5.74) is 4.44. The Bertz CT molecular complexity index is 1020. The Balaban J connectivity index is 1.92. The number of benzene rings is 2. The van der Waals surface area contributed by atoms with Crippen LogP contribution < -0.4 is 4.72 Å². The predicted octanol–water partition coefficient (Wildman–Crippen LogP) is 4.48. The van der Waals surface area contributed by atoms with Crippen LogP contribution in [0.4, 0.5) is 5.69 Å². The zero-order valence-corrected chi connectivity index (χ0v) is 18.7. The molecule has 0 fully saturated rings. The smallest absolute Gasteiger partial charge is 0.246 e. The van der Waals surface area contributed by atoms with Crippen LogP contribution in [0.3, 0.4) is 0 Å². The topological polar surface area (TPSA) is 78.8 Å². The average molecular weight is 428 g/mol. The molecule has 1 amide bonds. The van der Waals surface area contributed by atoms with Crippen molar-refractivity contribution in [1.29, 1.82) is 0 Å². The highest BCUT2D eigenvalue weighted by atomic mass is 32.2. The lowest BCUT2D eigenvalue weighted by Crippen LogP contribution is -2.32. The van der Waals surface area contributed by atoms with Crippen molar-refractivity contribution >= 4 is 27.3 Å². The Labute approximate surface area is 179 Å². The molecule has 0 aromatic heterocycles. The lowest BCUT2D eigenvalue weighted by atomic mass is 9.96. The summed E-state index contributed by atoms with van der Waals surface area (Å²) < 4.78 is 25.3. The first-order valence-corrected chi connectivity index (χ1v) is 12.2. The maximum atomic E-state index is 13.2. The monoisotopic (exact) mass is 427 g/mol. The van der Waals surface area contributed by atoms with Crippen molar-refractivity contribution in [2.24, 2.45) is 11.0 Å². The minimum absolute atomic E-state index is 0.0518. The standard InChI is InChI=1S/C23H29N3O3S/c1-5-17(6-2)23(27)26-22(19-9-7-16(3)8-10-19)15-21(24-26)18-11-13-20(14-12-18)25-30(4,28)29/h7-14,17,22,25H,5-6,15H2,1-4H3/t22-/m0/s1. The summed E-state index contributed by atoms with van der Waals surface area (Å²) in [5.74, 6) is -0.00155. The highest BCUT2D eigenvalue weighted by Crippen LogP contribution is 2.35. The van der Waals surface area contributed by atoms with Crippen LogP contribution in [-0.4, -0.2) is 31.3 Å². The molecule has 0 saturated heterocycles. The Morgan fingerprint density at radius 2 is 1.70 bits per heavy atom. The summed E-state index contributed by atoms with van der Waals surface area (Å²) in [6.07, 6.45) is 3.30. The molecule has 1 atom stereocenters. The number of anilines is 1. The van der Waals surface area contributed by atoms with Gasteiger partial charge in [-0.05, 0) is 43.0 Å². The van der Waals surface area contributed by atoms with Gasteiger partial charge < -0.3 is 0 Å². The fourth-order valence-electron chi connectivity index (χ4n) is 3.71. The summed E-state index contributed by atoms with van der Waals surface area (Å²) in [6.45, 7) is 6.10. The molecule has 6 nitrogen and oxygen atoms in total. The van der Waals surface area contributed by atoms with Gasteiger partial charge in [0.25, 0.3) is 0 Å². The number of aryl methyl sites for hydroxylation is 1. The van der Waals surface area contributed by atoms with Gasteiger partial charge in [-0.1, -0.05) is 55.8 Å². The van der Waals surface area contributed by atoms with Crippen LogP contribution in [-0.2, 0) is 14.8 Å². The van der Waals surface area contributed by atoms with Gasteiger partial charge in [0.15, 0.2) is 0 Å². The lowest BCUT2D eigenvalue weighted by Gasteiger charge is -2.25. The molecule has 160 valence electrons. The Morgan fingerprint density at radius 1 is 1.10 bits per heavy atom. The van der Waals surface area contributed by atoms with Gasteiger partial charge in [-0.2, -0.15) is 5.10 Å². The second kappa shape index (κ2) is 9.00. The van der Waals surface area contributed by atoms with E-state index in [2.05, 4.69) is 29.0 Å². The van der Waals surface area contributed by atoms with Gasteiger partial charge in [0.1, 0.15) is 0 Å². The third-order valence-corrected chi connectivity index (χ3v) is 6.06. The van der Waals surface area contributed by atoms with Gasteiger partial charge in [-0.25, -0.2) is 13.4 Å². The number of hydrazone groups is 1. The van der Waals surface area contributed by atoms with E-state index in [1.807, 2.05) is 32.9 Å². The lowest BCUT2D eigenvalue weighted by molar-refractivity contribution is -0.137. The van der Waals surface area contributed by atoms with E-state index in [0.29, 0.717) is 12.1 Å². The van der Waals surface area contributed by atoms with E-state index in [1.54, 1.807) is 17.1 Å². The largest absolute Gasteiger partial charge is 0.284 e. The van der Waals surface area contributed by atoms with Crippen LogP contribution in [0.15, 0.2) is 53.6 Å². The molecule has 0 aliphatic carbocycles. The van der Waals surface area contributed by atoms with E-state index in [-0.39, 0.29) is 17.9 Å². The number of hydrogen-bond acceptors (Lipinski definition) is 4. The summed E-state index contributed by atoms with van der Waals surface area (Å²) in [7, 11) is -3.33. The first kappa shape index (κ1) is 22.0. The van der Waals surface area contributed by atoms with Crippen LogP contribution in [0.25, 0.3) is 0 Å². The molecule has 1 N–H and O–H groups in total. The number of carbonyl (C=O) groups excluding carboxylic acids is 1. The molecule has 0 unspecified atom stereocenters. The average Bonchev–Trinajstić information content (AvgIpc) is 3.14. The molecule has 1 heterocycles. The highest BCUT2D eigenvalue weighted by Gasteiger charge is 2.35. The minimum atomic E-state index is -3.33. The fraction of sp³-hybridized carbons (Fsp3) is 0.391. The number of nitrogens with one attached hydrogen (secondary N) is 1. The molecular formula is C23H29N3O3S. The third kappa shape index (κ3) is 5.08. The Kier molecular flexibility index (Phi) is 6.61. The van der Waals surface area contributed by atoms with Crippen LogP contribution in [0, 0.1) is 12.8 Å². The van der Waals surface area contributed by atoms with Crippen molar-refractivity contribution in [3.8, 4) is 0 Å². The molecule has 1 aliphatic rings. The first-order chi connectivity index (χ1) is 14.2. The van der Waals surface area contributed by atoms with E-state index in [9.17, 15) is 13.2 Å². The molecule has 0 bridgehead atoms. The van der Waals surface area contributed by atoms with E-state index in [4.69, 9.17) is 5.10 Å². The fourth-order valence-corrected chi connectivity index (χ4v) is 4.27. The van der Waals surface area contributed by atoms with Gasteiger partial charge in [0.05, 0.1) is 18.0 Å². The molecule has 3 rings (SSSR count). The van der Waals surface area contributed by atoms with Crippen LogP contribution in [0.1, 0.15) is 55.8 Å². The van der Waals surface area contributed by atoms with E-state index >= 15 is 0 Å². The maximum Gasteiger partial charge on any atom is 0.246 e. The molecule has 2 aromatic rings. The van der Waals surface area contributed by atoms with Crippen molar-refractivity contribution < 1.29 is 13.2 Å². The summed E-state index contributed by atoms with van der Waals surface area (Å²) in [4.78, 5) is 13.2. The van der Waals surface area contributed by atoms with Crippen LogP contribution in [0.5, 0.6) is 0 Å². The molecule has 0 saturated carbocycles. The van der Waals surface area contributed by atoms with Crippen molar-refractivity contribution in [3.63, 3.8) is 0 Å². The molecule has 0 radical (unpaired) electrons. The number of amides is 1. The van der Waals surface area contributed by atoms with Gasteiger partial charge in [-0.15, -0.1) is 0 Å². The van der Waals surface area contributed by atoms with E-state index < -0.39 is 10.0 Å². The summed E-state index contributed by atoms with van der Waals surface area (Å²) in [5, 5.41) is 6.37. The van der Waals surface area contributed by atoms with Crippen molar-refractivity contribution in [2.45, 2.75) is 46.1 Å². The second-order valence-electron chi connectivity index (χ2n) is 7.83. The molecule has 7 heteroatoms. The molecule has 30 heavy (non-hydrogen) atoms. The van der Waals surface area contributed by atoms with Gasteiger partial charge >= 0.3 is 0 Å². The quantitative estimate of drug-likeness (QED) is 0.707. The zero-order chi connectivity index (χ0) is 21.9. The van der Waals surface area contributed by atoms with Crippen molar-refractivity contribution in [2.75, 3.05) is 11.0 Å². The molecule has 0 spiro atoms. The minimum Gasteiger partial charge on any atom is -0.284 e. The Hall–Kier alpha value is -2.67. The normalized spacial score (nSPS) is 16.6. The third-order valence-electron chi connectivity index (χ3n) is 5.45. The van der Waals surface area contributed by atoms with Gasteiger partial charge in [-0.3, -0.25) is 9.52 Å². The first-order valence-electron chi connectivity index (χ1n) is 10.3. The molecule has 2 aromatic carbocycles. The number of nitrogens with zero attached hydrogens (tertiary/aromatic N) is 2. The van der Waals surface area contributed by atoms with E-state index in [1.165, 1.54) is 5.56 Å². The second-order valence-corrected chi connectivity index (χ2v) is 9.57. The summed E-state index contributed by atoms with van der Waals surface area (Å²) >= 11 is 0. The SMILES string of the molecule is CCC(CC)C(=O)N1N=C(c2ccc(NS(C)(=O)=O)cc2)C[C@H]1c1ccc(C)cc1. The van der Waals surface area contributed by atoms with Gasteiger partial charge in [0.2, 0.25) is 15.9 Å². The molecule has 1 aliphatic heterocycles. The zero-order valence-electron chi connectivity index (χ0n) is 17.9. The number of hydrogen-bond donors (Lipinski definition) is 1. The summed E-state index contributed by atoms with van der Waals surface area (Å²) in [6, 6.07) is 15.2. The molecular weight excluding hydrogens is 398 g/mol. The predicted molar refractivity (Wildman–Crippen MR) is 121 cm³/mol. The van der Waals surface area contributed by atoms with Crippen LogP contribution >= 0.6 is 0 Å². The number of sulfonamides is 1. The Morgan fingerprint density at radius 3 is 2.23 bits per heavy atom. The van der Waals surface area contributed by atoms with Crippen molar-refractivity contribution in [1.82, 2.24) is 5.01 Å². The van der Waals surface area contributed by atoms with Gasteiger partial charge in [0, 0.05) is 18.0 Å². The van der Waals surface area contributed by atoms with Crippen LogP contribution in [0.2, 0.25) is 0 Å². The number of carbonyl (C=O) groups is 1.